The van der Waals surface area contributed by atoms with Crippen molar-refractivity contribution >= 4 is 18.2 Å². The lowest BCUT2D eigenvalue weighted by Crippen LogP contribution is -1.77. The largest absolute Gasteiger partial charge is 0.437 e. The quantitative estimate of drug-likeness (QED) is 0.505. The van der Waals surface area contributed by atoms with Gasteiger partial charge in [-0.1, -0.05) is 30.0 Å². The molecule has 1 aromatic carbocycles. The summed E-state index contributed by atoms with van der Waals surface area (Å²) in [4.78, 5) is 10.6. The summed E-state index contributed by atoms with van der Waals surface area (Å²) in [5, 5.41) is 0. The molecule has 2 radical (unpaired) electrons. The first-order valence-corrected chi connectivity index (χ1v) is 3.87. The average Bonchev–Trinajstić information content (AvgIpc) is 2.07. The molecule has 0 aliphatic rings. The lowest BCUT2D eigenvalue weighted by molar-refractivity contribution is 0.382. The Morgan fingerprint density at radius 3 is 2.73 bits per heavy atom. The van der Waals surface area contributed by atoms with Gasteiger partial charge < -0.3 is 4.74 Å². The van der Waals surface area contributed by atoms with Gasteiger partial charge in [0.15, 0.2) is 5.94 Å². The highest BCUT2D eigenvalue weighted by Gasteiger charge is 1.91. The van der Waals surface area contributed by atoms with E-state index in [4.69, 9.17) is 0 Å². The molecule has 2 nitrogen and oxygen atoms in total. The molecule has 0 saturated carbocycles. The number of benzene rings is 1. The molecule has 0 spiro atoms. The molecule has 0 atom stereocenters. The molecule has 3 heteroatoms. The van der Waals surface area contributed by atoms with Gasteiger partial charge in [0.2, 0.25) is 0 Å². The van der Waals surface area contributed by atoms with E-state index in [1.165, 1.54) is 24.2 Å². The lowest BCUT2D eigenvalue weighted by Gasteiger charge is -1.95. The van der Waals surface area contributed by atoms with Gasteiger partial charge in [-0.15, -0.1) is 0 Å². The number of carbonyl (C=O) groups excluding carboxylic acids is 1. The predicted octanol–water partition coefficient (Wildman–Crippen LogP) is 1.98. The van der Waals surface area contributed by atoms with Gasteiger partial charge in [0.1, 0.15) is 0 Å². The van der Waals surface area contributed by atoms with Crippen LogP contribution in [0.25, 0.3) is 0 Å². The first-order valence-electron chi connectivity index (χ1n) is 2.99. The van der Waals surface area contributed by atoms with E-state index < -0.39 is 0 Å². The molecule has 11 heavy (non-hydrogen) atoms. The van der Waals surface area contributed by atoms with Gasteiger partial charge in [-0.25, -0.2) is 4.79 Å². The Labute approximate surface area is 69.6 Å². The minimum atomic E-state index is 1.03. The average molecular weight is 166 g/mol. The number of hydrogen-bond acceptors (Lipinski definition) is 3. The number of ether oxygens (including phenoxy) is 1. The smallest absolute Gasteiger partial charge is 0.418 e. The van der Waals surface area contributed by atoms with Crippen LogP contribution < -0.4 is 0 Å². The Hall–Kier alpha value is -0.960. The number of rotatable bonds is 4. The molecule has 0 aliphatic carbocycles. The minimum absolute atomic E-state index is 1.03. The van der Waals surface area contributed by atoms with Gasteiger partial charge in [0, 0.05) is 4.90 Å². The van der Waals surface area contributed by atoms with E-state index in [2.05, 4.69) is 4.74 Å². The van der Waals surface area contributed by atoms with Crippen molar-refractivity contribution in [3.8, 4) is 0 Å². The Kier molecular flexibility index (Phi) is 3.55. The lowest BCUT2D eigenvalue weighted by atomic mass is 10.4. The molecule has 0 heterocycles. The Bertz CT molecular complexity index is 211. The SMILES string of the molecule is O=[C]O[CH]Sc1ccccc1. The minimum Gasteiger partial charge on any atom is -0.437 e. The maximum absolute atomic E-state index is 9.60. The van der Waals surface area contributed by atoms with Crippen LogP contribution in [0.1, 0.15) is 0 Å². The molecule has 0 amide bonds. The van der Waals surface area contributed by atoms with Crippen molar-refractivity contribution in [3.05, 3.63) is 36.3 Å². The summed E-state index contributed by atoms with van der Waals surface area (Å²) in [6.07, 6.45) is 0. The van der Waals surface area contributed by atoms with Crippen molar-refractivity contribution in [1.29, 1.82) is 0 Å². The number of thioether (sulfide) groups is 1. The molecule has 0 aromatic heterocycles. The highest BCUT2D eigenvalue weighted by molar-refractivity contribution is 8.01. The van der Waals surface area contributed by atoms with E-state index in [9.17, 15) is 4.79 Å². The molecule has 0 unspecified atom stereocenters. The topological polar surface area (TPSA) is 26.3 Å². The van der Waals surface area contributed by atoms with E-state index in [1.54, 1.807) is 0 Å². The van der Waals surface area contributed by atoms with E-state index in [-0.39, 0.29) is 0 Å². The number of hydrogen-bond donors (Lipinski definition) is 0. The second-order valence-corrected chi connectivity index (χ2v) is 2.63. The highest BCUT2D eigenvalue weighted by atomic mass is 32.2. The Morgan fingerprint density at radius 1 is 1.36 bits per heavy atom. The van der Waals surface area contributed by atoms with Crippen LogP contribution in [0.3, 0.4) is 0 Å². The van der Waals surface area contributed by atoms with Crippen LogP contribution in [-0.2, 0) is 9.53 Å². The van der Waals surface area contributed by atoms with Crippen molar-refractivity contribution in [1.82, 2.24) is 0 Å². The summed E-state index contributed by atoms with van der Waals surface area (Å²) in [5.41, 5.74) is 0. The highest BCUT2D eigenvalue weighted by Crippen LogP contribution is 2.19. The summed E-state index contributed by atoms with van der Waals surface area (Å²) in [5.74, 6) is 1.34. The van der Waals surface area contributed by atoms with E-state index >= 15 is 0 Å². The summed E-state index contributed by atoms with van der Waals surface area (Å²) >= 11 is 1.34. The molecule has 1 aromatic rings. The zero-order valence-electron chi connectivity index (χ0n) is 5.69. The van der Waals surface area contributed by atoms with Gasteiger partial charge in [-0.2, -0.15) is 0 Å². The molecule has 0 bridgehead atoms. The standard InChI is InChI=1S/C8H6O2S/c9-6-10-7-11-8-4-2-1-3-5-8/h1-5,7H. The third-order valence-corrected chi connectivity index (χ3v) is 1.76. The maximum Gasteiger partial charge on any atom is 0.418 e. The summed E-state index contributed by atoms with van der Waals surface area (Å²) in [6, 6.07) is 9.61. The second-order valence-electron chi connectivity index (χ2n) is 1.73. The van der Waals surface area contributed by atoms with Crippen LogP contribution in [0.15, 0.2) is 35.2 Å². The van der Waals surface area contributed by atoms with E-state index in [0.29, 0.717) is 0 Å². The van der Waals surface area contributed by atoms with Gasteiger partial charge in [0.05, 0.1) is 0 Å². The fourth-order valence-electron chi connectivity index (χ4n) is 0.598. The van der Waals surface area contributed by atoms with Crippen molar-refractivity contribution in [3.63, 3.8) is 0 Å². The maximum atomic E-state index is 9.60. The second kappa shape index (κ2) is 4.79. The van der Waals surface area contributed by atoms with Gasteiger partial charge in [-0.3, -0.25) is 0 Å². The third-order valence-electron chi connectivity index (χ3n) is 1.02. The monoisotopic (exact) mass is 166 g/mol. The van der Waals surface area contributed by atoms with E-state index in [0.717, 1.165) is 4.90 Å². The zero-order valence-corrected chi connectivity index (χ0v) is 6.51. The fourth-order valence-corrected chi connectivity index (χ4v) is 1.11. The molecule has 56 valence electrons. The summed E-state index contributed by atoms with van der Waals surface area (Å²) in [7, 11) is 0. The molecule has 0 aliphatic heterocycles. The van der Waals surface area contributed by atoms with E-state index in [1.807, 2.05) is 30.3 Å². The Morgan fingerprint density at radius 2 is 2.09 bits per heavy atom. The van der Waals surface area contributed by atoms with Crippen molar-refractivity contribution in [2.24, 2.45) is 0 Å². The van der Waals surface area contributed by atoms with Gasteiger partial charge >= 0.3 is 6.47 Å². The van der Waals surface area contributed by atoms with Crippen molar-refractivity contribution in [2.45, 2.75) is 4.90 Å². The van der Waals surface area contributed by atoms with Crippen LogP contribution in [0.4, 0.5) is 0 Å². The molecule has 1 rings (SSSR count). The molecular formula is C8H6O2S. The van der Waals surface area contributed by atoms with Crippen LogP contribution in [0, 0.1) is 5.94 Å². The van der Waals surface area contributed by atoms with Crippen LogP contribution >= 0.6 is 11.8 Å². The van der Waals surface area contributed by atoms with Crippen LogP contribution in [0.2, 0.25) is 0 Å². The van der Waals surface area contributed by atoms with Gasteiger partial charge in [-0.05, 0) is 12.1 Å². The molecule has 0 fully saturated rings. The summed E-state index contributed by atoms with van der Waals surface area (Å²) in [6.45, 7) is 1.31. The fraction of sp³-hybridized carbons (Fsp3) is 0. The summed E-state index contributed by atoms with van der Waals surface area (Å²) < 4.78 is 4.27. The molecule has 0 N–H and O–H groups in total. The van der Waals surface area contributed by atoms with Crippen molar-refractivity contribution in [2.75, 3.05) is 0 Å². The van der Waals surface area contributed by atoms with Gasteiger partial charge in [0.25, 0.3) is 0 Å². The molecule has 0 saturated heterocycles. The normalized spacial score (nSPS) is 9.09. The predicted molar refractivity (Wildman–Crippen MR) is 43.4 cm³/mol. The zero-order chi connectivity index (χ0) is 7.94. The Balaban J connectivity index is 2.33. The third kappa shape index (κ3) is 3.09. The first kappa shape index (κ1) is 8.14. The molecular weight excluding hydrogens is 160 g/mol. The van der Waals surface area contributed by atoms with Crippen LogP contribution in [0.5, 0.6) is 0 Å². The van der Waals surface area contributed by atoms with Crippen LogP contribution in [-0.4, -0.2) is 6.47 Å². The first-order chi connectivity index (χ1) is 5.43. The van der Waals surface area contributed by atoms with Crippen molar-refractivity contribution < 1.29 is 9.53 Å².